The van der Waals surface area contributed by atoms with E-state index in [1.807, 2.05) is 13.2 Å². The molecule has 0 radical (unpaired) electrons. The largest absolute Gasteiger partial charge is 0.357 e. The van der Waals surface area contributed by atoms with Crippen LogP contribution in [-0.4, -0.2) is 37.6 Å². The van der Waals surface area contributed by atoms with Crippen molar-refractivity contribution >= 4 is 11.7 Å². The van der Waals surface area contributed by atoms with Crippen LogP contribution in [-0.2, 0) is 11.3 Å². The summed E-state index contributed by atoms with van der Waals surface area (Å²) in [4.78, 5) is 18.6. The van der Waals surface area contributed by atoms with Crippen molar-refractivity contribution < 1.29 is 4.79 Å². The van der Waals surface area contributed by atoms with Crippen LogP contribution in [0.15, 0.2) is 12.3 Å². The third-order valence-electron chi connectivity index (χ3n) is 3.56. The topological polar surface area (TPSA) is 57.3 Å². The highest BCUT2D eigenvalue weighted by molar-refractivity contribution is 5.85. The standard InChI is InChI=1S/C14H22N4O/c1-10-7-11(8-15-2)9-17-13(10)18-6-4-5-12(18)14(19)16-3/h7,9,12,15H,4-6,8H2,1-3H3,(H,16,19). The number of nitrogens with zero attached hydrogens (tertiary/aromatic N) is 2. The summed E-state index contributed by atoms with van der Waals surface area (Å²) in [7, 11) is 3.61. The van der Waals surface area contributed by atoms with Crippen molar-refractivity contribution in [3.63, 3.8) is 0 Å². The zero-order valence-electron chi connectivity index (χ0n) is 11.9. The molecule has 0 aromatic carbocycles. The molecule has 0 saturated carbocycles. The van der Waals surface area contributed by atoms with E-state index >= 15 is 0 Å². The lowest BCUT2D eigenvalue weighted by Gasteiger charge is -2.26. The summed E-state index contributed by atoms with van der Waals surface area (Å²) < 4.78 is 0. The van der Waals surface area contributed by atoms with E-state index < -0.39 is 0 Å². The van der Waals surface area contributed by atoms with Gasteiger partial charge >= 0.3 is 0 Å². The van der Waals surface area contributed by atoms with Crippen LogP contribution >= 0.6 is 0 Å². The van der Waals surface area contributed by atoms with Crippen LogP contribution in [0.1, 0.15) is 24.0 Å². The normalized spacial score (nSPS) is 18.7. The highest BCUT2D eigenvalue weighted by Gasteiger charge is 2.31. The molecule has 1 unspecified atom stereocenters. The number of carbonyl (C=O) groups excluding carboxylic acids is 1. The molecule has 1 saturated heterocycles. The van der Waals surface area contributed by atoms with E-state index in [0.29, 0.717) is 0 Å². The molecule has 2 N–H and O–H groups in total. The average molecular weight is 262 g/mol. The molecule has 1 atom stereocenters. The fourth-order valence-electron chi connectivity index (χ4n) is 2.69. The third-order valence-corrected chi connectivity index (χ3v) is 3.56. The first kappa shape index (κ1) is 13.8. The molecule has 104 valence electrons. The smallest absolute Gasteiger partial charge is 0.242 e. The molecule has 1 aromatic rings. The number of aromatic nitrogens is 1. The highest BCUT2D eigenvalue weighted by Crippen LogP contribution is 2.27. The van der Waals surface area contributed by atoms with Crippen molar-refractivity contribution in [2.45, 2.75) is 32.4 Å². The van der Waals surface area contributed by atoms with Gasteiger partial charge in [0.15, 0.2) is 0 Å². The quantitative estimate of drug-likeness (QED) is 0.843. The average Bonchev–Trinajstić information content (AvgIpc) is 2.87. The Hall–Kier alpha value is -1.62. The van der Waals surface area contributed by atoms with E-state index in [9.17, 15) is 4.79 Å². The minimum atomic E-state index is -0.0775. The Morgan fingerprint density at radius 2 is 2.32 bits per heavy atom. The number of likely N-dealkylation sites (N-methyl/N-ethyl adjacent to an activating group) is 1. The molecule has 1 aliphatic heterocycles. The fraction of sp³-hybridized carbons (Fsp3) is 0.571. The minimum Gasteiger partial charge on any atom is -0.357 e. The van der Waals surface area contributed by atoms with Crippen LogP contribution in [0.3, 0.4) is 0 Å². The third kappa shape index (κ3) is 2.87. The molecular weight excluding hydrogens is 240 g/mol. The lowest BCUT2D eigenvalue weighted by atomic mass is 10.1. The number of pyridine rings is 1. The van der Waals surface area contributed by atoms with E-state index in [1.165, 1.54) is 5.56 Å². The Bertz CT molecular complexity index is 461. The molecule has 1 fully saturated rings. The van der Waals surface area contributed by atoms with Crippen molar-refractivity contribution in [2.75, 3.05) is 25.5 Å². The van der Waals surface area contributed by atoms with Crippen LogP contribution in [0.4, 0.5) is 5.82 Å². The van der Waals surface area contributed by atoms with E-state index in [4.69, 9.17) is 0 Å². The van der Waals surface area contributed by atoms with Crippen LogP contribution in [0.5, 0.6) is 0 Å². The first-order valence-corrected chi connectivity index (χ1v) is 6.75. The molecular formula is C14H22N4O. The summed E-state index contributed by atoms with van der Waals surface area (Å²) in [6.45, 7) is 3.77. The molecule has 1 aromatic heterocycles. The summed E-state index contributed by atoms with van der Waals surface area (Å²) in [5, 5.41) is 5.86. The molecule has 0 bridgehead atoms. The number of anilines is 1. The Morgan fingerprint density at radius 3 is 2.95 bits per heavy atom. The van der Waals surface area contributed by atoms with E-state index in [2.05, 4.69) is 33.5 Å². The van der Waals surface area contributed by atoms with Crippen molar-refractivity contribution in [3.8, 4) is 0 Å². The predicted octanol–water partition coefficient (Wildman–Crippen LogP) is 0.824. The van der Waals surface area contributed by atoms with Crippen molar-refractivity contribution in [1.29, 1.82) is 0 Å². The van der Waals surface area contributed by atoms with Crippen LogP contribution < -0.4 is 15.5 Å². The van der Waals surface area contributed by atoms with Gasteiger partial charge in [-0.25, -0.2) is 4.98 Å². The summed E-state index contributed by atoms with van der Waals surface area (Å²) in [5.74, 6) is 1.02. The Morgan fingerprint density at radius 1 is 1.53 bits per heavy atom. The van der Waals surface area contributed by atoms with Gasteiger partial charge in [-0.05, 0) is 44.0 Å². The number of amides is 1. The fourth-order valence-corrected chi connectivity index (χ4v) is 2.69. The zero-order valence-corrected chi connectivity index (χ0v) is 11.9. The van der Waals surface area contributed by atoms with Gasteiger partial charge in [0.2, 0.25) is 5.91 Å². The van der Waals surface area contributed by atoms with Gasteiger partial charge in [0.05, 0.1) is 0 Å². The molecule has 0 aliphatic carbocycles. The number of hydrogen-bond donors (Lipinski definition) is 2. The first-order valence-electron chi connectivity index (χ1n) is 6.75. The van der Waals surface area contributed by atoms with Crippen LogP contribution in [0.25, 0.3) is 0 Å². The second-order valence-corrected chi connectivity index (χ2v) is 4.98. The van der Waals surface area contributed by atoms with E-state index in [1.54, 1.807) is 7.05 Å². The van der Waals surface area contributed by atoms with Gasteiger partial charge in [-0.3, -0.25) is 4.79 Å². The number of hydrogen-bond acceptors (Lipinski definition) is 4. The SMILES string of the molecule is CNCc1cnc(N2CCCC2C(=O)NC)c(C)c1. The maximum absolute atomic E-state index is 11.9. The lowest BCUT2D eigenvalue weighted by molar-refractivity contribution is -0.121. The molecule has 5 nitrogen and oxygen atoms in total. The molecule has 5 heteroatoms. The maximum atomic E-state index is 11.9. The summed E-state index contributed by atoms with van der Waals surface area (Å²) in [5.41, 5.74) is 2.29. The predicted molar refractivity (Wildman–Crippen MR) is 76.2 cm³/mol. The van der Waals surface area contributed by atoms with Gasteiger partial charge in [-0.2, -0.15) is 0 Å². The second kappa shape index (κ2) is 6.02. The summed E-state index contributed by atoms with van der Waals surface area (Å²) >= 11 is 0. The second-order valence-electron chi connectivity index (χ2n) is 4.98. The van der Waals surface area contributed by atoms with Gasteiger partial charge < -0.3 is 15.5 Å². The van der Waals surface area contributed by atoms with Gasteiger partial charge in [0.25, 0.3) is 0 Å². The molecule has 0 spiro atoms. The molecule has 1 amide bonds. The van der Waals surface area contributed by atoms with Crippen molar-refractivity contribution in [2.24, 2.45) is 0 Å². The van der Waals surface area contributed by atoms with E-state index in [-0.39, 0.29) is 11.9 Å². The number of aryl methyl sites for hydroxylation is 1. The molecule has 19 heavy (non-hydrogen) atoms. The Balaban J connectivity index is 2.23. The van der Waals surface area contributed by atoms with Crippen LogP contribution in [0.2, 0.25) is 0 Å². The monoisotopic (exact) mass is 262 g/mol. The summed E-state index contributed by atoms with van der Waals surface area (Å²) in [6.07, 6.45) is 3.83. The molecule has 2 heterocycles. The number of nitrogens with one attached hydrogen (secondary N) is 2. The van der Waals surface area contributed by atoms with Crippen molar-refractivity contribution in [1.82, 2.24) is 15.6 Å². The number of rotatable bonds is 4. The maximum Gasteiger partial charge on any atom is 0.242 e. The zero-order chi connectivity index (χ0) is 13.8. The lowest BCUT2D eigenvalue weighted by Crippen LogP contribution is -2.42. The van der Waals surface area contributed by atoms with Gasteiger partial charge in [0.1, 0.15) is 11.9 Å². The Kier molecular flexibility index (Phi) is 4.37. The molecule has 2 rings (SSSR count). The molecule has 1 aliphatic rings. The van der Waals surface area contributed by atoms with Gasteiger partial charge in [0, 0.05) is 26.3 Å². The number of carbonyl (C=O) groups is 1. The summed E-state index contributed by atoms with van der Waals surface area (Å²) in [6, 6.07) is 2.06. The van der Waals surface area contributed by atoms with Gasteiger partial charge in [-0.1, -0.05) is 0 Å². The first-order chi connectivity index (χ1) is 9.17. The highest BCUT2D eigenvalue weighted by atomic mass is 16.2. The van der Waals surface area contributed by atoms with Crippen molar-refractivity contribution in [3.05, 3.63) is 23.4 Å². The van der Waals surface area contributed by atoms with Gasteiger partial charge in [-0.15, -0.1) is 0 Å². The van der Waals surface area contributed by atoms with E-state index in [0.717, 1.165) is 37.3 Å². The minimum absolute atomic E-state index is 0.0775. The van der Waals surface area contributed by atoms with Crippen LogP contribution in [0, 0.1) is 6.92 Å². The Labute approximate surface area is 114 Å².